The molecule has 0 unspecified atom stereocenters. The van der Waals surface area contributed by atoms with Gasteiger partial charge in [-0.1, -0.05) is 0 Å². The molecule has 2 N–H and O–H groups in total. The second-order valence-corrected chi connectivity index (χ2v) is 6.91. The van der Waals surface area contributed by atoms with Gasteiger partial charge in [-0.15, -0.1) is 0 Å². The first-order valence-corrected chi connectivity index (χ1v) is 9.50. The van der Waals surface area contributed by atoms with Gasteiger partial charge in [0.05, 0.1) is 19.9 Å². The van der Waals surface area contributed by atoms with E-state index >= 15 is 0 Å². The molecule has 0 fully saturated rings. The molecule has 7 heteroatoms. The first-order chi connectivity index (χ1) is 14.0. The third-order valence-corrected chi connectivity index (χ3v) is 4.84. The van der Waals surface area contributed by atoms with Crippen LogP contribution in [0.4, 0.5) is 11.4 Å². The Morgan fingerprint density at radius 3 is 1.66 bits per heavy atom. The number of amides is 2. The maximum absolute atomic E-state index is 12.4. The molecule has 0 bridgehead atoms. The van der Waals surface area contributed by atoms with E-state index in [0.717, 1.165) is 0 Å². The fourth-order valence-corrected chi connectivity index (χ4v) is 3.05. The van der Waals surface area contributed by atoms with Crippen LogP contribution in [0.2, 0.25) is 0 Å². The second kappa shape index (κ2) is 9.25. The van der Waals surface area contributed by atoms with Crippen molar-refractivity contribution in [2.75, 3.05) is 24.9 Å². The summed E-state index contributed by atoms with van der Waals surface area (Å²) in [4.78, 5) is 24.8. The van der Waals surface area contributed by atoms with Crippen molar-refractivity contribution in [1.82, 2.24) is 0 Å². The zero-order valence-electron chi connectivity index (χ0n) is 15.9. The molecule has 0 aliphatic carbocycles. The second-order valence-electron chi connectivity index (χ2n) is 6.06. The molecule has 29 heavy (non-hydrogen) atoms. The Morgan fingerprint density at radius 1 is 0.724 bits per heavy atom. The predicted molar refractivity (Wildman–Crippen MR) is 116 cm³/mol. The number of hydrogen-bond donors (Lipinski definition) is 2. The number of anilines is 2. The van der Waals surface area contributed by atoms with Crippen LogP contribution in [0.25, 0.3) is 0 Å². The lowest BCUT2D eigenvalue weighted by molar-refractivity contribution is 0.101. The van der Waals surface area contributed by atoms with Gasteiger partial charge in [0.15, 0.2) is 0 Å². The molecular weight excluding hydrogens is 436 g/mol. The van der Waals surface area contributed by atoms with E-state index in [-0.39, 0.29) is 11.8 Å². The van der Waals surface area contributed by atoms with E-state index in [9.17, 15) is 9.59 Å². The van der Waals surface area contributed by atoms with Crippen LogP contribution < -0.4 is 20.1 Å². The highest BCUT2D eigenvalue weighted by Crippen LogP contribution is 2.27. The summed E-state index contributed by atoms with van der Waals surface area (Å²) in [6.45, 7) is 0. The zero-order valence-corrected chi connectivity index (χ0v) is 17.4. The summed E-state index contributed by atoms with van der Waals surface area (Å²) in [5, 5.41) is 5.66. The largest absolute Gasteiger partial charge is 0.497 e. The topological polar surface area (TPSA) is 76.7 Å². The number of halogens is 1. The first-order valence-electron chi connectivity index (χ1n) is 8.70. The highest BCUT2D eigenvalue weighted by molar-refractivity contribution is 9.10. The number of ether oxygens (including phenoxy) is 2. The highest BCUT2D eigenvalue weighted by Gasteiger charge is 2.11. The van der Waals surface area contributed by atoms with Gasteiger partial charge in [-0.3, -0.25) is 9.59 Å². The standard InChI is InChI=1S/C22H19BrN2O4/c1-28-17-8-3-14(4-9-17)21(26)24-16-7-12-20(19(23)13-16)25-22(27)15-5-10-18(29-2)11-6-15/h3-13H,1-2H3,(H,24,26)(H,25,27). The van der Waals surface area contributed by atoms with Crippen molar-refractivity contribution in [3.8, 4) is 11.5 Å². The van der Waals surface area contributed by atoms with Crippen molar-refractivity contribution in [2.24, 2.45) is 0 Å². The molecule has 0 saturated heterocycles. The van der Waals surface area contributed by atoms with E-state index in [1.54, 1.807) is 80.9 Å². The Bertz CT molecular complexity index is 1020. The molecular formula is C22H19BrN2O4. The maximum atomic E-state index is 12.4. The predicted octanol–water partition coefficient (Wildman–Crippen LogP) is 4.97. The van der Waals surface area contributed by atoms with Gasteiger partial charge >= 0.3 is 0 Å². The van der Waals surface area contributed by atoms with E-state index in [2.05, 4.69) is 26.6 Å². The number of carbonyl (C=O) groups excluding carboxylic acids is 2. The van der Waals surface area contributed by atoms with Crippen molar-refractivity contribution in [2.45, 2.75) is 0 Å². The van der Waals surface area contributed by atoms with Gasteiger partial charge in [0.1, 0.15) is 11.5 Å². The lowest BCUT2D eigenvalue weighted by atomic mass is 10.2. The Labute approximate surface area is 177 Å². The summed E-state index contributed by atoms with van der Waals surface area (Å²) >= 11 is 3.43. The fraction of sp³-hybridized carbons (Fsp3) is 0.0909. The van der Waals surface area contributed by atoms with Crippen LogP contribution in [0.15, 0.2) is 71.2 Å². The molecule has 0 heterocycles. The molecule has 0 aliphatic rings. The summed E-state index contributed by atoms with van der Waals surface area (Å²) in [6, 6.07) is 18.8. The zero-order chi connectivity index (χ0) is 20.8. The summed E-state index contributed by atoms with van der Waals surface area (Å²) in [5.74, 6) is 0.874. The van der Waals surface area contributed by atoms with E-state index in [4.69, 9.17) is 9.47 Å². The minimum absolute atomic E-state index is 0.241. The van der Waals surface area contributed by atoms with Crippen molar-refractivity contribution in [3.63, 3.8) is 0 Å². The first kappa shape index (κ1) is 20.4. The molecule has 3 rings (SSSR count). The van der Waals surface area contributed by atoms with Crippen LogP contribution >= 0.6 is 15.9 Å². The van der Waals surface area contributed by atoms with Gasteiger partial charge in [-0.05, 0) is 82.7 Å². The average Bonchev–Trinajstić information content (AvgIpc) is 2.75. The molecule has 0 saturated carbocycles. The third-order valence-electron chi connectivity index (χ3n) is 4.18. The number of methoxy groups -OCH3 is 2. The van der Waals surface area contributed by atoms with Crippen molar-refractivity contribution in [3.05, 3.63) is 82.3 Å². The number of carbonyl (C=O) groups is 2. The molecule has 0 atom stereocenters. The molecule has 0 radical (unpaired) electrons. The van der Waals surface area contributed by atoms with Crippen LogP contribution in [0.5, 0.6) is 11.5 Å². The van der Waals surface area contributed by atoms with Crippen LogP contribution in [-0.2, 0) is 0 Å². The number of rotatable bonds is 6. The normalized spacial score (nSPS) is 10.2. The van der Waals surface area contributed by atoms with Gasteiger partial charge in [0.2, 0.25) is 0 Å². The van der Waals surface area contributed by atoms with Crippen LogP contribution in [0, 0.1) is 0 Å². The van der Waals surface area contributed by atoms with E-state index in [1.165, 1.54) is 0 Å². The SMILES string of the molecule is COc1ccc(C(=O)Nc2ccc(NC(=O)c3ccc(OC)cc3)c(Br)c2)cc1. The number of hydrogen-bond acceptors (Lipinski definition) is 4. The van der Waals surface area contributed by atoms with E-state index < -0.39 is 0 Å². The van der Waals surface area contributed by atoms with Gasteiger partial charge < -0.3 is 20.1 Å². The highest BCUT2D eigenvalue weighted by atomic mass is 79.9. The average molecular weight is 455 g/mol. The van der Waals surface area contributed by atoms with Gasteiger partial charge in [0, 0.05) is 21.3 Å². The maximum Gasteiger partial charge on any atom is 0.255 e. The van der Waals surface area contributed by atoms with Crippen molar-refractivity contribution in [1.29, 1.82) is 0 Å². The monoisotopic (exact) mass is 454 g/mol. The summed E-state index contributed by atoms with van der Waals surface area (Å²) in [5.41, 5.74) is 2.21. The van der Waals surface area contributed by atoms with Crippen LogP contribution in [-0.4, -0.2) is 26.0 Å². The summed E-state index contributed by atoms with van der Waals surface area (Å²) in [7, 11) is 3.14. The van der Waals surface area contributed by atoms with Gasteiger partial charge in [0.25, 0.3) is 11.8 Å². The Balaban J connectivity index is 1.67. The molecule has 3 aromatic carbocycles. The smallest absolute Gasteiger partial charge is 0.255 e. The van der Waals surface area contributed by atoms with Gasteiger partial charge in [-0.25, -0.2) is 0 Å². The molecule has 0 aliphatic heterocycles. The molecule has 6 nitrogen and oxygen atoms in total. The summed E-state index contributed by atoms with van der Waals surface area (Å²) < 4.78 is 10.8. The van der Waals surface area contributed by atoms with Crippen molar-refractivity contribution >= 4 is 39.1 Å². The minimum atomic E-state index is -0.247. The lowest BCUT2D eigenvalue weighted by Crippen LogP contribution is -2.13. The number of nitrogens with one attached hydrogen (secondary N) is 2. The van der Waals surface area contributed by atoms with Gasteiger partial charge in [-0.2, -0.15) is 0 Å². The fourth-order valence-electron chi connectivity index (χ4n) is 2.58. The van der Waals surface area contributed by atoms with Crippen LogP contribution in [0.3, 0.4) is 0 Å². The Hall–Kier alpha value is -3.32. The minimum Gasteiger partial charge on any atom is -0.497 e. The quantitative estimate of drug-likeness (QED) is 0.550. The van der Waals surface area contributed by atoms with Crippen LogP contribution in [0.1, 0.15) is 20.7 Å². The molecule has 3 aromatic rings. The third kappa shape index (κ3) is 5.14. The summed E-state index contributed by atoms with van der Waals surface area (Å²) in [6.07, 6.45) is 0. The molecule has 0 aromatic heterocycles. The molecule has 148 valence electrons. The number of benzene rings is 3. The molecule has 2 amide bonds. The lowest BCUT2D eigenvalue weighted by Gasteiger charge is -2.11. The van der Waals surface area contributed by atoms with E-state index in [1.807, 2.05) is 0 Å². The Morgan fingerprint density at radius 2 is 1.21 bits per heavy atom. The molecule has 0 spiro atoms. The van der Waals surface area contributed by atoms with E-state index in [0.29, 0.717) is 38.5 Å². The Kier molecular flexibility index (Phi) is 6.51. The van der Waals surface area contributed by atoms with Crippen molar-refractivity contribution < 1.29 is 19.1 Å².